The van der Waals surface area contributed by atoms with E-state index in [1.807, 2.05) is 12.1 Å². The first-order chi connectivity index (χ1) is 9.15. The first-order valence-electron chi connectivity index (χ1n) is 7.06. The molecular formula is C15H22BrClN2. The maximum absolute atomic E-state index is 6.18. The van der Waals surface area contributed by atoms with Crippen LogP contribution in [-0.2, 0) is 0 Å². The Kier molecular flexibility index (Phi) is 5.70. The molecule has 3 N–H and O–H groups in total. The van der Waals surface area contributed by atoms with Gasteiger partial charge in [-0.1, -0.05) is 43.9 Å². The molecule has 2 rings (SSSR count). The van der Waals surface area contributed by atoms with E-state index in [9.17, 15) is 0 Å². The fraction of sp³-hybridized carbons (Fsp3) is 0.600. The number of benzene rings is 1. The Balaban J connectivity index is 2.09. The van der Waals surface area contributed by atoms with Crippen molar-refractivity contribution in [2.75, 3.05) is 0 Å². The molecule has 106 valence electrons. The average molecular weight is 346 g/mol. The molecule has 0 radical (unpaired) electrons. The summed E-state index contributed by atoms with van der Waals surface area (Å²) in [4.78, 5) is 0. The summed E-state index contributed by atoms with van der Waals surface area (Å²) in [5.41, 5.74) is 4.18. The Morgan fingerprint density at radius 3 is 2.58 bits per heavy atom. The lowest BCUT2D eigenvalue weighted by Gasteiger charge is -2.33. The van der Waals surface area contributed by atoms with Crippen molar-refractivity contribution in [1.29, 1.82) is 0 Å². The molecule has 0 amide bonds. The van der Waals surface area contributed by atoms with Gasteiger partial charge in [-0.2, -0.15) is 0 Å². The molecule has 19 heavy (non-hydrogen) atoms. The van der Waals surface area contributed by atoms with E-state index in [0.717, 1.165) is 15.4 Å². The summed E-state index contributed by atoms with van der Waals surface area (Å²) in [6, 6.07) is 6.33. The van der Waals surface area contributed by atoms with Crippen LogP contribution in [0.4, 0.5) is 0 Å². The van der Waals surface area contributed by atoms with Gasteiger partial charge in [0.1, 0.15) is 0 Å². The Morgan fingerprint density at radius 2 is 2.05 bits per heavy atom. The third kappa shape index (κ3) is 3.72. The van der Waals surface area contributed by atoms with Crippen molar-refractivity contribution >= 4 is 27.5 Å². The fourth-order valence-electron chi connectivity index (χ4n) is 3.14. The molecule has 1 fully saturated rings. The molecule has 1 atom stereocenters. The summed E-state index contributed by atoms with van der Waals surface area (Å²) in [6.07, 6.45) is 6.45. The number of halogens is 2. The summed E-state index contributed by atoms with van der Waals surface area (Å²) in [5, 5.41) is 0.750. The van der Waals surface area contributed by atoms with Crippen LogP contribution in [-0.4, -0.2) is 0 Å². The number of nitrogens with two attached hydrogens (primary N) is 1. The first kappa shape index (κ1) is 15.3. The molecule has 1 saturated carbocycles. The van der Waals surface area contributed by atoms with Gasteiger partial charge < -0.3 is 0 Å². The van der Waals surface area contributed by atoms with Gasteiger partial charge in [0, 0.05) is 10.5 Å². The number of nitrogens with one attached hydrogen (secondary N) is 1. The van der Waals surface area contributed by atoms with Gasteiger partial charge in [-0.05, 0) is 58.3 Å². The second-order valence-corrected chi connectivity index (χ2v) is 6.77. The lowest BCUT2D eigenvalue weighted by atomic mass is 9.76. The minimum absolute atomic E-state index is 0.211. The fourth-order valence-corrected chi connectivity index (χ4v) is 3.58. The van der Waals surface area contributed by atoms with Gasteiger partial charge in [0.2, 0.25) is 0 Å². The highest BCUT2D eigenvalue weighted by Crippen LogP contribution is 2.38. The van der Waals surface area contributed by atoms with Crippen LogP contribution in [0.1, 0.15) is 50.6 Å². The lowest BCUT2D eigenvalue weighted by molar-refractivity contribution is 0.219. The molecule has 1 aliphatic carbocycles. The van der Waals surface area contributed by atoms with Crippen LogP contribution in [0.3, 0.4) is 0 Å². The molecule has 2 nitrogen and oxygen atoms in total. The van der Waals surface area contributed by atoms with Gasteiger partial charge in [-0.25, -0.2) is 0 Å². The molecule has 1 unspecified atom stereocenters. The first-order valence-corrected chi connectivity index (χ1v) is 8.23. The molecule has 1 aromatic rings. The van der Waals surface area contributed by atoms with Crippen LogP contribution >= 0.6 is 27.5 Å². The van der Waals surface area contributed by atoms with Crippen molar-refractivity contribution in [2.45, 2.75) is 45.1 Å². The summed E-state index contributed by atoms with van der Waals surface area (Å²) in [7, 11) is 0. The lowest BCUT2D eigenvalue weighted by Crippen LogP contribution is -2.35. The van der Waals surface area contributed by atoms with Crippen molar-refractivity contribution in [2.24, 2.45) is 17.7 Å². The number of hydrazine groups is 1. The minimum Gasteiger partial charge on any atom is -0.271 e. The third-order valence-corrected chi connectivity index (χ3v) is 5.65. The molecule has 0 bridgehead atoms. The SMILES string of the molecule is CCC1CCC(C(NN)c2ccc(Br)c(Cl)c2)CC1. The zero-order chi connectivity index (χ0) is 13.8. The Hall–Kier alpha value is -0.0900. The van der Waals surface area contributed by atoms with Crippen molar-refractivity contribution in [3.63, 3.8) is 0 Å². The van der Waals surface area contributed by atoms with Gasteiger partial charge in [-0.15, -0.1) is 0 Å². The summed E-state index contributed by atoms with van der Waals surface area (Å²) >= 11 is 9.61. The van der Waals surface area contributed by atoms with Gasteiger partial charge in [0.15, 0.2) is 0 Å². The molecular weight excluding hydrogens is 324 g/mol. The van der Waals surface area contributed by atoms with Gasteiger partial charge in [-0.3, -0.25) is 11.3 Å². The van der Waals surface area contributed by atoms with Crippen molar-refractivity contribution < 1.29 is 0 Å². The van der Waals surface area contributed by atoms with E-state index >= 15 is 0 Å². The molecule has 0 saturated heterocycles. The molecule has 0 heterocycles. The Morgan fingerprint density at radius 1 is 1.37 bits per heavy atom. The highest BCUT2D eigenvalue weighted by Gasteiger charge is 2.27. The topological polar surface area (TPSA) is 38.0 Å². The normalized spacial score (nSPS) is 25.3. The van der Waals surface area contributed by atoms with E-state index in [0.29, 0.717) is 5.92 Å². The van der Waals surface area contributed by atoms with Crippen LogP contribution < -0.4 is 11.3 Å². The molecule has 4 heteroatoms. The standard InChI is InChI=1S/C15H22BrClN2/c1-2-10-3-5-11(6-4-10)15(19-18)12-7-8-13(16)14(17)9-12/h7-11,15,19H,2-6,18H2,1H3. The largest absolute Gasteiger partial charge is 0.271 e. The second-order valence-electron chi connectivity index (χ2n) is 5.51. The molecule has 1 aliphatic rings. The molecule has 0 aliphatic heterocycles. The maximum Gasteiger partial charge on any atom is 0.0551 e. The second kappa shape index (κ2) is 7.07. The van der Waals surface area contributed by atoms with E-state index < -0.39 is 0 Å². The summed E-state index contributed by atoms with van der Waals surface area (Å²) < 4.78 is 0.934. The smallest absolute Gasteiger partial charge is 0.0551 e. The van der Waals surface area contributed by atoms with Crippen LogP contribution in [0.5, 0.6) is 0 Å². The van der Waals surface area contributed by atoms with E-state index in [1.54, 1.807) is 0 Å². The minimum atomic E-state index is 0.211. The third-order valence-electron chi connectivity index (χ3n) is 4.42. The maximum atomic E-state index is 6.18. The zero-order valence-corrected chi connectivity index (χ0v) is 13.7. The number of hydrogen-bond acceptors (Lipinski definition) is 2. The van der Waals surface area contributed by atoms with Gasteiger partial charge >= 0.3 is 0 Å². The van der Waals surface area contributed by atoms with E-state index in [1.165, 1.54) is 37.7 Å². The van der Waals surface area contributed by atoms with Crippen LogP contribution in [0, 0.1) is 11.8 Å². The predicted octanol–water partition coefficient (Wildman–Crippen LogP) is 4.82. The highest BCUT2D eigenvalue weighted by molar-refractivity contribution is 9.10. The Labute approximate surface area is 129 Å². The summed E-state index contributed by atoms with van der Waals surface area (Å²) in [6.45, 7) is 2.29. The quantitative estimate of drug-likeness (QED) is 0.606. The number of hydrogen-bond donors (Lipinski definition) is 2. The van der Waals surface area contributed by atoms with Crippen molar-refractivity contribution in [1.82, 2.24) is 5.43 Å². The molecule has 0 spiro atoms. The van der Waals surface area contributed by atoms with E-state index in [-0.39, 0.29) is 6.04 Å². The van der Waals surface area contributed by atoms with Gasteiger partial charge in [0.25, 0.3) is 0 Å². The summed E-state index contributed by atoms with van der Waals surface area (Å²) in [5.74, 6) is 7.31. The van der Waals surface area contributed by atoms with E-state index in [4.69, 9.17) is 17.4 Å². The average Bonchev–Trinajstić information content (AvgIpc) is 2.44. The molecule has 1 aromatic carbocycles. The monoisotopic (exact) mass is 344 g/mol. The van der Waals surface area contributed by atoms with Crippen molar-refractivity contribution in [3.05, 3.63) is 33.3 Å². The van der Waals surface area contributed by atoms with Gasteiger partial charge in [0.05, 0.1) is 5.02 Å². The van der Waals surface area contributed by atoms with Crippen LogP contribution in [0.15, 0.2) is 22.7 Å². The predicted molar refractivity (Wildman–Crippen MR) is 85.0 cm³/mol. The highest BCUT2D eigenvalue weighted by atomic mass is 79.9. The number of rotatable bonds is 4. The van der Waals surface area contributed by atoms with E-state index in [2.05, 4.69) is 34.3 Å². The van der Waals surface area contributed by atoms with Crippen molar-refractivity contribution in [3.8, 4) is 0 Å². The van der Waals surface area contributed by atoms with Crippen LogP contribution in [0.2, 0.25) is 5.02 Å². The zero-order valence-electron chi connectivity index (χ0n) is 11.3. The molecule has 0 aromatic heterocycles. The Bertz CT molecular complexity index is 417. The van der Waals surface area contributed by atoms with Crippen LogP contribution in [0.25, 0.3) is 0 Å².